The molecule has 0 radical (unpaired) electrons. The number of carbonyl (C=O) groups is 1. The minimum atomic E-state index is -0.352. The number of halogens is 1. The minimum absolute atomic E-state index is 0.147. The summed E-state index contributed by atoms with van der Waals surface area (Å²) in [6, 6.07) is 4.58. The highest BCUT2D eigenvalue weighted by Gasteiger charge is 2.47. The van der Waals surface area contributed by atoms with Crippen LogP contribution in [-0.2, 0) is 0 Å². The molecule has 0 spiro atoms. The van der Waals surface area contributed by atoms with Gasteiger partial charge in [-0.3, -0.25) is 9.69 Å². The van der Waals surface area contributed by atoms with Gasteiger partial charge in [0, 0.05) is 5.56 Å². The van der Waals surface area contributed by atoms with Gasteiger partial charge in [-0.2, -0.15) is 0 Å². The van der Waals surface area contributed by atoms with Crippen LogP contribution in [0.5, 0.6) is 0 Å². The van der Waals surface area contributed by atoms with E-state index in [9.17, 15) is 9.18 Å². The van der Waals surface area contributed by atoms with Crippen molar-refractivity contribution in [2.24, 2.45) is 0 Å². The van der Waals surface area contributed by atoms with Gasteiger partial charge in [-0.25, -0.2) is 4.39 Å². The molecule has 2 fully saturated rings. The molecule has 0 amide bonds. The van der Waals surface area contributed by atoms with Crippen molar-refractivity contribution in [1.29, 1.82) is 0 Å². The summed E-state index contributed by atoms with van der Waals surface area (Å²) < 4.78 is 13.5. The van der Waals surface area contributed by atoms with E-state index >= 15 is 0 Å². The zero-order valence-corrected chi connectivity index (χ0v) is 12.1. The van der Waals surface area contributed by atoms with Gasteiger partial charge in [-0.1, -0.05) is 18.9 Å². The van der Waals surface area contributed by atoms with E-state index in [-0.39, 0.29) is 17.1 Å². The summed E-state index contributed by atoms with van der Waals surface area (Å²) in [6.07, 6.45) is 6.44. The lowest BCUT2D eigenvalue weighted by Crippen LogP contribution is -2.51. The highest BCUT2D eigenvalue weighted by Crippen LogP contribution is 2.40. The Balaban J connectivity index is 1.99. The third-order valence-electron chi connectivity index (χ3n) is 5.01. The van der Waals surface area contributed by atoms with E-state index in [1.807, 2.05) is 6.92 Å². The molecule has 1 aliphatic heterocycles. The molecule has 1 saturated heterocycles. The number of likely N-dealkylation sites (tertiary alicyclic amines) is 1. The molecular weight excluding hydrogens is 253 g/mol. The molecule has 0 aromatic heterocycles. The molecular formula is C17H22FNO. The number of hydrogen-bond acceptors (Lipinski definition) is 2. The second-order valence-corrected chi connectivity index (χ2v) is 6.22. The first-order valence-electron chi connectivity index (χ1n) is 7.69. The molecule has 3 heteroatoms. The fourth-order valence-corrected chi connectivity index (χ4v) is 3.88. The van der Waals surface area contributed by atoms with E-state index in [2.05, 4.69) is 4.90 Å². The van der Waals surface area contributed by atoms with E-state index < -0.39 is 0 Å². The second kappa shape index (κ2) is 5.28. The van der Waals surface area contributed by atoms with Gasteiger partial charge >= 0.3 is 0 Å². The van der Waals surface area contributed by atoms with Crippen LogP contribution in [0.2, 0.25) is 0 Å². The molecule has 0 bridgehead atoms. The maximum absolute atomic E-state index is 13.5. The van der Waals surface area contributed by atoms with E-state index in [1.54, 1.807) is 6.07 Å². The Morgan fingerprint density at radius 2 is 1.80 bits per heavy atom. The number of ketones is 1. The molecule has 0 N–H and O–H groups in total. The largest absolute Gasteiger partial charge is 0.292 e. The van der Waals surface area contributed by atoms with Crippen molar-refractivity contribution in [3.8, 4) is 0 Å². The highest BCUT2D eigenvalue weighted by molar-refractivity contribution is 6.04. The number of aryl methyl sites for hydroxylation is 1. The van der Waals surface area contributed by atoms with Crippen molar-refractivity contribution >= 4 is 5.78 Å². The molecule has 2 aliphatic rings. The van der Waals surface area contributed by atoms with Crippen LogP contribution in [0.4, 0.5) is 4.39 Å². The van der Waals surface area contributed by atoms with Crippen molar-refractivity contribution in [2.75, 3.05) is 13.1 Å². The van der Waals surface area contributed by atoms with Crippen LogP contribution in [0.1, 0.15) is 54.4 Å². The maximum Gasteiger partial charge on any atom is 0.183 e. The Labute approximate surface area is 120 Å². The summed E-state index contributed by atoms with van der Waals surface area (Å²) in [7, 11) is 0. The Hall–Kier alpha value is -1.22. The van der Waals surface area contributed by atoms with Gasteiger partial charge in [-0.05, 0) is 63.4 Å². The van der Waals surface area contributed by atoms with Gasteiger partial charge in [-0.15, -0.1) is 0 Å². The quantitative estimate of drug-likeness (QED) is 0.783. The van der Waals surface area contributed by atoms with Crippen molar-refractivity contribution < 1.29 is 9.18 Å². The number of nitrogens with zero attached hydrogens (tertiary/aromatic N) is 1. The fourth-order valence-electron chi connectivity index (χ4n) is 3.88. The first-order valence-corrected chi connectivity index (χ1v) is 7.69. The van der Waals surface area contributed by atoms with Crippen LogP contribution >= 0.6 is 0 Å². The average Bonchev–Trinajstić information content (AvgIpc) is 3.11. The number of hydrogen-bond donors (Lipinski definition) is 0. The molecule has 1 aliphatic carbocycles. The molecule has 1 aromatic rings. The lowest BCUT2D eigenvalue weighted by molar-refractivity contribution is 0.0625. The standard InChI is InChI=1S/C17H22FNO/c1-13-6-7-14(18)12-15(13)16(20)17(8-2-3-9-17)19-10-4-5-11-19/h6-7,12H,2-5,8-11H2,1H3. The lowest BCUT2D eigenvalue weighted by atomic mass is 9.84. The average molecular weight is 275 g/mol. The Kier molecular flexibility index (Phi) is 3.63. The van der Waals surface area contributed by atoms with Crippen LogP contribution in [-0.4, -0.2) is 29.3 Å². The van der Waals surface area contributed by atoms with Crippen molar-refractivity contribution in [3.63, 3.8) is 0 Å². The molecule has 108 valence electrons. The molecule has 0 atom stereocenters. The molecule has 1 saturated carbocycles. The molecule has 2 nitrogen and oxygen atoms in total. The Morgan fingerprint density at radius 1 is 1.15 bits per heavy atom. The summed E-state index contributed by atoms with van der Waals surface area (Å²) in [5, 5.41) is 0. The number of benzene rings is 1. The first kappa shape index (κ1) is 13.7. The zero-order chi connectivity index (χ0) is 14.2. The topological polar surface area (TPSA) is 20.3 Å². The fraction of sp³-hybridized carbons (Fsp3) is 0.588. The van der Waals surface area contributed by atoms with E-state index in [0.717, 1.165) is 44.3 Å². The van der Waals surface area contributed by atoms with Crippen LogP contribution in [0, 0.1) is 12.7 Å². The zero-order valence-electron chi connectivity index (χ0n) is 12.1. The smallest absolute Gasteiger partial charge is 0.183 e. The van der Waals surface area contributed by atoms with Crippen LogP contribution in [0.15, 0.2) is 18.2 Å². The number of Topliss-reactive ketones (excluding diaryl/α,β-unsaturated/α-hetero) is 1. The molecule has 3 rings (SSSR count). The third kappa shape index (κ3) is 2.18. The Morgan fingerprint density at radius 3 is 2.45 bits per heavy atom. The molecule has 1 aromatic carbocycles. The van der Waals surface area contributed by atoms with E-state index in [1.165, 1.54) is 25.0 Å². The summed E-state index contributed by atoms with van der Waals surface area (Å²) in [6.45, 7) is 3.93. The van der Waals surface area contributed by atoms with Gasteiger partial charge in [0.1, 0.15) is 5.82 Å². The molecule has 20 heavy (non-hydrogen) atoms. The minimum Gasteiger partial charge on any atom is -0.292 e. The third-order valence-corrected chi connectivity index (χ3v) is 5.01. The van der Waals surface area contributed by atoms with Gasteiger partial charge < -0.3 is 0 Å². The van der Waals surface area contributed by atoms with Gasteiger partial charge in [0.25, 0.3) is 0 Å². The second-order valence-electron chi connectivity index (χ2n) is 6.22. The van der Waals surface area contributed by atoms with Crippen molar-refractivity contribution in [2.45, 2.75) is 51.0 Å². The summed E-state index contributed by atoms with van der Waals surface area (Å²) >= 11 is 0. The SMILES string of the molecule is Cc1ccc(F)cc1C(=O)C1(N2CCCC2)CCCC1. The number of rotatable bonds is 3. The summed E-state index contributed by atoms with van der Waals surface area (Å²) in [5.74, 6) is -0.164. The predicted octanol–water partition coefficient (Wildman–Crippen LogP) is 3.73. The van der Waals surface area contributed by atoms with Gasteiger partial charge in [0.15, 0.2) is 5.78 Å². The van der Waals surface area contributed by atoms with Crippen molar-refractivity contribution in [3.05, 3.63) is 35.1 Å². The van der Waals surface area contributed by atoms with Gasteiger partial charge in [0.2, 0.25) is 0 Å². The predicted molar refractivity (Wildman–Crippen MR) is 77.5 cm³/mol. The number of carbonyl (C=O) groups excluding carboxylic acids is 1. The molecule has 1 heterocycles. The Bertz CT molecular complexity index is 514. The lowest BCUT2D eigenvalue weighted by Gasteiger charge is -2.37. The van der Waals surface area contributed by atoms with E-state index in [4.69, 9.17) is 0 Å². The van der Waals surface area contributed by atoms with Crippen LogP contribution < -0.4 is 0 Å². The van der Waals surface area contributed by atoms with E-state index in [0.29, 0.717) is 5.56 Å². The molecule has 0 unspecified atom stereocenters. The summed E-state index contributed by atoms with van der Waals surface area (Å²) in [4.78, 5) is 15.5. The van der Waals surface area contributed by atoms with Gasteiger partial charge in [0.05, 0.1) is 5.54 Å². The normalized spacial score (nSPS) is 22.3. The summed E-state index contributed by atoms with van der Waals surface area (Å²) in [5.41, 5.74) is 1.12. The van der Waals surface area contributed by atoms with Crippen LogP contribution in [0.3, 0.4) is 0 Å². The monoisotopic (exact) mass is 275 g/mol. The first-order chi connectivity index (χ1) is 9.63. The van der Waals surface area contributed by atoms with Crippen molar-refractivity contribution in [1.82, 2.24) is 4.90 Å². The maximum atomic E-state index is 13.5. The van der Waals surface area contributed by atoms with Crippen LogP contribution in [0.25, 0.3) is 0 Å². The highest BCUT2D eigenvalue weighted by atomic mass is 19.1.